The number of carboxylic acids is 1. The van der Waals surface area contributed by atoms with Crippen LogP contribution in [0.3, 0.4) is 0 Å². The van der Waals surface area contributed by atoms with Crippen LogP contribution in [-0.2, 0) is 25.7 Å². The van der Waals surface area contributed by atoms with Crippen molar-refractivity contribution in [3.63, 3.8) is 0 Å². The lowest BCUT2D eigenvalue weighted by Gasteiger charge is -2.13. The zero-order valence-electron chi connectivity index (χ0n) is 10.4. The lowest BCUT2D eigenvalue weighted by atomic mass is 10.1. The van der Waals surface area contributed by atoms with Crippen molar-refractivity contribution in [2.45, 2.75) is 25.4 Å². The van der Waals surface area contributed by atoms with Gasteiger partial charge in [-0.05, 0) is 12.5 Å². The highest BCUT2D eigenvalue weighted by atomic mass is 16.5. The first kappa shape index (κ1) is 14.7. The van der Waals surface area contributed by atoms with E-state index < -0.39 is 23.9 Å². The third-order valence-electron chi connectivity index (χ3n) is 2.36. The Labute approximate surface area is 109 Å². The van der Waals surface area contributed by atoms with Gasteiger partial charge < -0.3 is 15.2 Å². The number of aromatic nitrogens is 2. The van der Waals surface area contributed by atoms with Gasteiger partial charge in [0, 0.05) is 18.8 Å². The fraction of sp³-hybridized carbons (Fsp3) is 0.455. The molecule has 1 atom stereocenters. The van der Waals surface area contributed by atoms with Crippen molar-refractivity contribution >= 4 is 17.8 Å². The maximum absolute atomic E-state index is 11.6. The van der Waals surface area contributed by atoms with E-state index in [4.69, 9.17) is 5.11 Å². The van der Waals surface area contributed by atoms with Crippen LogP contribution in [0.25, 0.3) is 0 Å². The Morgan fingerprint density at radius 2 is 2.21 bits per heavy atom. The number of methoxy groups -OCH3 is 1. The number of hydrogen-bond acceptors (Lipinski definition) is 5. The molecule has 1 heterocycles. The molecule has 0 aliphatic heterocycles. The van der Waals surface area contributed by atoms with Gasteiger partial charge in [0.25, 0.3) is 0 Å². The van der Waals surface area contributed by atoms with E-state index in [1.165, 1.54) is 18.0 Å². The molecule has 8 nitrogen and oxygen atoms in total. The van der Waals surface area contributed by atoms with E-state index in [9.17, 15) is 14.4 Å². The van der Waals surface area contributed by atoms with Crippen LogP contribution in [0.2, 0.25) is 0 Å². The average molecular weight is 269 g/mol. The summed E-state index contributed by atoms with van der Waals surface area (Å²) in [7, 11) is 1.22. The zero-order chi connectivity index (χ0) is 14.3. The number of ether oxygens (including phenoxy) is 1. The van der Waals surface area contributed by atoms with Crippen molar-refractivity contribution in [1.29, 1.82) is 0 Å². The summed E-state index contributed by atoms with van der Waals surface area (Å²) < 4.78 is 5.78. The van der Waals surface area contributed by atoms with Crippen LogP contribution in [0.15, 0.2) is 18.5 Å². The first-order valence-electron chi connectivity index (χ1n) is 5.59. The van der Waals surface area contributed by atoms with Gasteiger partial charge in [-0.25, -0.2) is 4.79 Å². The molecule has 2 N–H and O–H groups in total. The molecule has 0 unspecified atom stereocenters. The van der Waals surface area contributed by atoms with Crippen molar-refractivity contribution in [2.75, 3.05) is 7.11 Å². The number of nitrogens with zero attached hydrogens (tertiary/aromatic N) is 2. The van der Waals surface area contributed by atoms with Gasteiger partial charge in [-0.1, -0.05) is 0 Å². The largest absolute Gasteiger partial charge is 0.480 e. The Kier molecular flexibility index (Phi) is 5.52. The van der Waals surface area contributed by atoms with Crippen molar-refractivity contribution in [3.8, 4) is 0 Å². The smallest absolute Gasteiger partial charge is 0.326 e. The number of amides is 1. The molecular weight excluding hydrogens is 254 g/mol. The summed E-state index contributed by atoms with van der Waals surface area (Å²) in [5.74, 6) is -2.20. The van der Waals surface area contributed by atoms with Crippen LogP contribution in [-0.4, -0.2) is 45.9 Å². The molecule has 0 aromatic carbocycles. The molecule has 0 saturated carbocycles. The van der Waals surface area contributed by atoms with Crippen LogP contribution >= 0.6 is 0 Å². The minimum Gasteiger partial charge on any atom is -0.480 e. The topological polar surface area (TPSA) is 111 Å². The van der Waals surface area contributed by atoms with Crippen molar-refractivity contribution < 1.29 is 24.2 Å². The van der Waals surface area contributed by atoms with E-state index in [1.807, 2.05) is 0 Å². The Balaban J connectivity index is 2.46. The van der Waals surface area contributed by atoms with Crippen molar-refractivity contribution in [3.05, 3.63) is 18.5 Å². The number of carbonyl (C=O) groups excluding carboxylic acids is 2. The zero-order valence-corrected chi connectivity index (χ0v) is 10.4. The molecule has 1 aromatic heterocycles. The predicted molar refractivity (Wildman–Crippen MR) is 63.0 cm³/mol. The number of nitrogens with one attached hydrogen (secondary N) is 1. The van der Waals surface area contributed by atoms with E-state index in [0.29, 0.717) is 0 Å². The van der Waals surface area contributed by atoms with Gasteiger partial charge in [0.05, 0.1) is 7.11 Å². The summed E-state index contributed by atoms with van der Waals surface area (Å²) in [4.78, 5) is 33.5. The van der Waals surface area contributed by atoms with Crippen LogP contribution < -0.4 is 5.32 Å². The summed E-state index contributed by atoms with van der Waals surface area (Å²) >= 11 is 0. The van der Waals surface area contributed by atoms with Crippen molar-refractivity contribution in [1.82, 2.24) is 15.1 Å². The van der Waals surface area contributed by atoms with Gasteiger partial charge in [0.1, 0.15) is 12.6 Å². The summed E-state index contributed by atoms with van der Waals surface area (Å²) in [6.07, 6.45) is 3.01. The highest BCUT2D eigenvalue weighted by molar-refractivity contribution is 5.83. The third kappa shape index (κ3) is 5.19. The van der Waals surface area contributed by atoms with Crippen LogP contribution in [0.1, 0.15) is 12.8 Å². The van der Waals surface area contributed by atoms with Crippen LogP contribution in [0.5, 0.6) is 0 Å². The second kappa shape index (κ2) is 7.14. The lowest BCUT2D eigenvalue weighted by Crippen LogP contribution is -2.42. The van der Waals surface area contributed by atoms with Gasteiger partial charge in [0.2, 0.25) is 5.91 Å². The molecule has 0 aliphatic rings. The van der Waals surface area contributed by atoms with E-state index >= 15 is 0 Å². The standard InChI is InChI=1S/C11H15N3O5/c1-19-10(16)4-3-8(11(17)18)13-9(15)7-14-6-2-5-12-14/h2,5-6,8H,3-4,7H2,1H3,(H,13,15)(H,17,18)/t8-/m1/s1. The molecule has 19 heavy (non-hydrogen) atoms. The molecule has 0 bridgehead atoms. The molecule has 0 fully saturated rings. The normalized spacial score (nSPS) is 11.6. The van der Waals surface area contributed by atoms with Gasteiger partial charge in [-0.2, -0.15) is 5.10 Å². The van der Waals surface area contributed by atoms with Gasteiger partial charge >= 0.3 is 11.9 Å². The monoisotopic (exact) mass is 269 g/mol. The number of rotatable bonds is 7. The van der Waals surface area contributed by atoms with Gasteiger partial charge in [0.15, 0.2) is 0 Å². The first-order chi connectivity index (χ1) is 9.02. The second-order valence-electron chi connectivity index (χ2n) is 3.78. The number of carbonyl (C=O) groups is 3. The molecule has 0 radical (unpaired) electrons. The summed E-state index contributed by atoms with van der Waals surface area (Å²) in [6.45, 7) is -0.0744. The fourth-order valence-electron chi connectivity index (χ4n) is 1.40. The Morgan fingerprint density at radius 1 is 1.47 bits per heavy atom. The van der Waals surface area contributed by atoms with E-state index in [-0.39, 0.29) is 19.4 Å². The SMILES string of the molecule is COC(=O)CC[C@@H](NC(=O)Cn1cccn1)C(=O)O. The maximum Gasteiger partial charge on any atom is 0.326 e. The van der Waals surface area contributed by atoms with Crippen LogP contribution in [0.4, 0.5) is 0 Å². The maximum atomic E-state index is 11.6. The molecule has 1 amide bonds. The van der Waals surface area contributed by atoms with E-state index in [0.717, 1.165) is 0 Å². The quantitative estimate of drug-likeness (QED) is 0.640. The first-order valence-corrected chi connectivity index (χ1v) is 5.59. The second-order valence-corrected chi connectivity index (χ2v) is 3.78. The fourth-order valence-corrected chi connectivity index (χ4v) is 1.40. The minimum atomic E-state index is -1.20. The summed E-state index contributed by atoms with van der Waals surface area (Å²) in [6, 6.07) is 0.529. The molecule has 0 saturated heterocycles. The lowest BCUT2D eigenvalue weighted by molar-refractivity contribution is -0.144. The molecule has 0 aliphatic carbocycles. The molecular formula is C11H15N3O5. The Morgan fingerprint density at radius 3 is 2.74 bits per heavy atom. The highest BCUT2D eigenvalue weighted by Crippen LogP contribution is 2.00. The predicted octanol–water partition coefficient (Wildman–Crippen LogP) is -0.594. The van der Waals surface area contributed by atoms with Gasteiger partial charge in [-0.3, -0.25) is 14.3 Å². The number of hydrogen-bond donors (Lipinski definition) is 2. The molecule has 0 spiro atoms. The average Bonchev–Trinajstić information content (AvgIpc) is 2.86. The van der Waals surface area contributed by atoms with Gasteiger partial charge in [-0.15, -0.1) is 0 Å². The Bertz CT molecular complexity index is 443. The highest BCUT2D eigenvalue weighted by Gasteiger charge is 2.21. The van der Waals surface area contributed by atoms with Crippen LogP contribution in [0, 0.1) is 0 Å². The third-order valence-corrected chi connectivity index (χ3v) is 2.36. The molecule has 1 aromatic rings. The molecule has 104 valence electrons. The summed E-state index contributed by atoms with van der Waals surface area (Å²) in [5, 5.41) is 15.1. The van der Waals surface area contributed by atoms with E-state index in [1.54, 1.807) is 12.3 Å². The summed E-state index contributed by atoms with van der Waals surface area (Å²) in [5.41, 5.74) is 0. The number of esters is 1. The number of carboxylic acid groups (broad SMARTS) is 1. The Hall–Kier alpha value is -2.38. The number of aliphatic carboxylic acids is 1. The van der Waals surface area contributed by atoms with Crippen molar-refractivity contribution in [2.24, 2.45) is 0 Å². The molecule has 8 heteroatoms. The minimum absolute atomic E-state index is 0.0210. The molecule has 1 rings (SSSR count). The van der Waals surface area contributed by atoms with E-state index in [2.05, 4.69) is 15.2 Å².